The van der Waals surface area contributed by atoms with Gasteiger partial charge in [-0.1, -0.05) is 36.4 Å². The Labute approximate surface area is 96.3 Å². The van der Waals surface area contributed by atoms with Crippen molar-refractivity contribution < 1.29 is 10.6 Å². The largest absolute Gasteiger partial charge is 0.309 e. The van der Waals surface area contributed by atoms with Crippen LogP contribution in [-0.2, 0) is 0 Å². The molecule has 0 spiro atoms. The summed E-state index contributed by atoms with van der Waals surface area (Å²) in [6.07, 6.45) is 0. The van der Waals surface area contributed by atoms with E-state index < -0.39 is 0 Å². The maximum absolute atomic E-state index is 2.28. The van der Waals surface area contributed by atoms with Gasteiger partial charge in [0.25, 0.3) is 0 Å². The summed E-state index contributed by atoms with van der Waals surface area (Å²) in [7, 11) is 0. The van der Waals surface area contributed by atoms with E-state index in [0.29, 0.717) is 0 Å². The van der Waals surface area contributed by atoms with Crippen molar-refractivity contribution in [2.45, 2.75) is 0 Å². The molecule has 16 heavy (non-hydrogen) atoms. The third-order valence-corrected chi connectivity index (χ3v) is 2.53. The fraction of sp³-hybridized carbons (Fsp3) is 0.143. The molecule has 0 atom stereocenters. The minimum absolute atomic E-state index is 1.10. The van der Waals surface area contributed by atoms with E-state index in [4.69, 9.17) is 0 Å². The Morgan fingerprint density at radius 1 is 0.562 bits per heavy atom. The molecule has 0 aliphatic heterocycles. The van der Waals surface area contributed by atoms with Crippen LogP contribution in [0.1, 0.15) is 0 Å². The summed E-state index contributed by atoms with van der Waals surface area (Å²) in [5.74, 6) is 0. The van der Waals surface area contributed by atoms with Crippen LogP contribution in [-0.4, -0.2) is 13.1 Å². The molecule has 0 radical (unpaired) electrons. The Morgan fingerprint density at radius 3 is 1.31 bits per heavy atom. The van der Waals surface area contributed by atoms with Gasteiger partial charge in [0.05, 0.1) is 0 Å². The molecule has 2 aromatic carbocycles. The molecule has 0 heterocycles. The lowest BCUT2D eigenvalue weighted by atomic mass is 10.3. The highest BCUT2D eigenvalue weighted by molar-refractivity contribution is 5.27. The zero-order chi connectivity index (χ0) is 11.1. The number of quaternary nitrogens is 2. The first-order valence-corrected chi connectivity index (χ1v) is 5.72. The number of para-hydroxylation sites is 2. The van der Waals surface area contributed by atoms with Crippen LogP contribution < -0.4 is 10.6 Å². The predicted octanol–water partition coefficient (Wildman–Crippen LogP) is 0.777. The Morgan fingerprint density at radius 2 is 0.938 bits per heavy atom. The monoisotopic (exact) mass is 214 g/mol. The number of hydrogen-bond donors (Lipinski definition) is 2. The minimum atomic E-state index is 1.10. The van der Waals surface area contributed by atoms with Crippen LogP contribution in [0.15, 0.2) is 60.7 Å². The van der Waals surface area contributed by atoms with Crippen molar-refractivity contribution in [3.8, 4) is 0 Å². The lowest BCUT2D eigenvalue weighted by Gasteiger charge is -2.00. The van der Waals surface area contributed by atoms with Gasteiger partial charge >= 0.3 is 0 Å². The summed E-state index contributed by atoms with van der Waals surface area (Å²) in [5, 5.41) is 4.55. The molecule has 0 aromatic heterocycles. The van der Waals surface area contributed by atoms with Crippen LogP contribution in [0.25, 0.3) is 0 Å². The second-order valence-corrected chi connectivity index (χ2v) is 3.81. The molecule has 0 amide bonds. The highest BCUT2D eigenvalue weighted by atomic mass is 14.9. The summed E-state index contributed by atoms with van der Waals surface area (Å²) in [6, 6.07) is 21.0. The van der Waals surface area contributed by atoms with Gasteiger partial charge in [-0.2, -0.15) is 0 Å². The van der Waals surface area contributed by atoms with Gasteiger partial charge in [-0.3, -0.25) is 0 Å². The van der Waals surface area contributed by atoms with E-state index in [0.717, 1.165) is 13.1 Å². The molecule has 0 aliphatic carbocycles. The summed E-state index contributed by atoms with van der Waals surface area (Å²) in [4.78, 5) is 0. The fourth-order valence-electron chi connectivity index (χ4n) is 1.68. The van der Waals surface area contributed by atoms with Crippen molar-refractivity contribution in [3.05, 3.63) is 60.7 Å². The standard InChI is InChI=1S/C14H16N2/c1-3-7-13(8-4-1)15-11-12-16-14-9-5-2-6-10-14/h1-10,15-16H,11-12H2/p+2. The molecule has 0 aliphatic rings. The van der Waals surface area contributed by atoms with Crippen molar-refractivity contribution in [3.63, 3.8) is 0 Å². The zero-order valence-corrected chi connectivity index (χ0v) is 9.34. The molecule has 0 saturated carbocycles. The Bertz CT molecular complexity index is 356. The zero-order valence-electron chi connectivity index (χ0n) is 9.34. The molecule has 2 nitrogen and oxygen atoms in total. The molecule has 0 fully saturated rings. The number of benzene rings is 2. The maximum atomic E-state index is 2.28. The average molecular weight is 214 g/mol. The van der Waals surface area contributed by atoms with Gasteiger partial charge in [-0.15, -0.1) is 0 Å². The highest BCUT2D eigenvalue weighted by Crippen LogP contribution is 1.96. The van der Waals surface area contributed by atoms with Crippen LogP contribution in [0, 0.1) is 0 Å². The van der Waals surface area contributed by atoms with Crippen molar-refractivity contribution in [2.24, 2.45) is 0 Å². The highest BCUT2D eigenvalue weighted by Gasteiger charge is 1.97. The van der Waals surface area contributed by atoms with Crippen molar-refractivity contribution >= 4 is 11.4 Å². The van der Waals surface area contributed by atoms with Crippen molar-refractivity contribution in [1.82, 2.24) is 0 Å². The van der Waals surface area contributed by atoms with Gasteiger partial charge in [0.15, 0.2) is 0 Å². The topological polar surface area (TPSA) is 33.2 Å². The molecule has 2 heteroatoms. The third kappa shape index (κ3) is 3.50. The van der Waals surface area contributed by atoms with Crippen LogP contribution in [0.3, 0.4) is 0 Å². The van der Waals surface area contributed by atoms with E-state index >= 15 is 0 Å². The van der Waals surface area contributed by atoms with Gasteiger partial charge in [0.2, 0.25) is 0 Å². The van der Waals surface area contributed by atoms with Gasteiger partial charge in [-0.25, -0.2) is 0 Å². The summed E-state index contributed by atoms with van der Waals surface area (Å²) in [5.41, 5.74) is 2.62. The normalized spacial score (nSPS) is 10.2. The molecule has 2 aromatic rings. The molecule has 2 rings (SSSR count). The van der Waals surface area contributed by atoms with Crippen LogP contribution in [0.4, 0.5) is 11.4 Å². The maximum Gasteiger partial charge on any atom is 0.130 e. The van der Waals surface area contributed by atoms with Crippen molar-refractivity contribution in [1.29, 1.82) is 0 Å². The summed E-state index contributed by atoms with van der Waals surface area (Å²) < 4.78 is 0. The van der Waals surface area contributed by atoms with Crippen LogP contribution in [0.5, 0.6) is 0 Å². The van der Waals surface area contributed by atoms with E-state index in [9.17, 15) is 0 Å². The second kappa shape index (κ2) is 6.05. The Balaban J connectivity index is 1.70. The molecule has 82 valence electrons. The number of nitrogens with two attached hydrogens (primary N) is 2. The summed E-state index contributed by atoms with van der Waals surface area (Å²) in [6.45, 7) is 2.19. The lowest BCUT2D eigenvalue weighted by Crippen LogP contribution is -2.89. The third-order valence-electron chi connectivity index (χ3n) is 2.53. The lowest BCUT2D eigenvalue weighted by molar-refractivity contribution is -0.646. The van der Waals surface area contributed by atoms with E-state index in [1.54, 1.807) is 0 Å². The second-order valence-electron chi connectivity index (χ2n) is 3.81. The summed E-state index contributed by atoms with van der Waals surface area (Å²) >= 11 is 0. The Hall–Kier alpha value is -1.64. The molecular weight excluding hydrogens is 196 g/mol. The van der Waals surface area contributed by atoms with Gasteiger partial charge in [0.1, 0.15) is 24.5 Å². The molecule has 0 unspecified atom stereocenters. The first-order chi connectivity index (χ1) is 7.95. The smallest absolute Gasteiger partial charge is 0.130 e. The molecule has 4 N–H and O–H groups in total. The predicted molar refractivity (Wildman–Crippen MR) is 65.8 cm³/mol. The van der Waals surface area contributed by atoms with Gasteiger partial charge < -0.3 is 10.6 Å². The Kier molecular flexibility index (Phi) is 4.11. The first-order valence-electron chi connectivity index (χ1n) is 5.72. The first kappa shape index (κ1) is 10.9. The van der Waals surface area contributed by atoms with Crippen LogP contribution in [0.2, 0.25) is 0 Å². The average Bonchev–Trinajstić information content (AvgIpc) is 2.37. The van der Waals surface area contributed by atoms with Crippen LogP contribution >= 0.6 is 0 Å². The van der Waals surface area contributed by atoms with Gasteiger partial charge in [0, 0.05) is 0 Å². The SMILES string of the molecule is c1ccc([NH2+]CC[NH2+]c2ccccc2)cc1. The molecular formula is C14H18N2+2. The van der Waals surface area contributed by atoms with E-state index in [2.05, 4.69) is 59.2 Å². The van der Waals surface area contributed by atoms with E-state index in [1.807, 2.05) is 12.1 Å². The minimum Gasteiger partial charge on any atom is -0.309 e. The van der Waals surface area contributed by atoms with Gasteiger partial charge in [-0.05, 0) is 24.3 Å². The van der Waals surface area contributed by atoms with E-state index in [-0.39, 0.29) is 0 Å². The van der Waals surface area contributed by atoms with Crippen molar-refractivity contribution in [2.75, 3.05) is 13.1 Å². The number of rotatable bonds is 5. The molecule has 0 saturated heterocycles. The quantitative estimate of drug-likeness (QED) is 0.545. The van der Waals surface area contributed by atoms with E-state index in [1.165, 1.54) is 11.4 Å². The number of hydrogen-bond acceptors (Lipinski definition) is 0. The molecule has 0 bridgehead atoms. The fourth-order valence-corrected chi connectivity index (χ4v) is 1.68.